The average Bonchev–Trinajstić information content (AvgIpc) is 2.96. The smallest absolute Gasteiger partial charge is 0.244 e. The standard InChI is InChI=1S/C15H15N3O3S/c1-21-14-7-2-3-8-15(14)22(19,20)17-11-12-10-16-18-9-5-4-6-13(12)18/h2-10,17H,11H2,1H3. The minimum Gasteiger partial charge on any atom is -0.495 e. The molecule has 0 bridgehead atoms. The van der Waals surface area contributed by atoms with E-state index in [2.05, 4.69) is 9.82 Å². The lowest BCUT2D eigenvalue weighted by atomic mass is 10.3. The molecule has 6 nitrogen and oxygen atoms in total. The van der Waals surface area contributed by atoms with Gasteiger partial charge in [0.05, 0.1) is 18.8 Å². The summed E-state index contributed by atoms with van der Waals surface area (Å²) >= 11 is 0. The number of nitrogens with one attached hydrogen (secondary N) is 1. The maximum atomic E-state index is 12.4. The number of ether oxygens (including phenoxy) is 1. The molecule has 22 heavy (non-hydrogen) atoms. The van der Waals surface area contributed by atoms with Crippen LogP contribution in [0.25, 0.3) is 5.52 Å². The lowest BCUT2D eigenvalue weighted by Gasteiger charge is -2.10. The van der Waals surface area contributed by atoms with Gasteiger partial charge in [-0.05, 0) is 24.3 Å². The van der Waals surface area contributed by atoms with Crippen molar-refractivity contribution in [3.8, 4) is 5.75 Å². The first kappa shape index (κ1) is 14.6. The molecule has 0 amide bonds. The molecule has 2 heterocycles. The number of methoxy groups -OCH3 is 1. The SMILES string of the molecule is COc1ccccc1S(=O)(=O)NCc1cnn2ccccc12. The van der Waals surface area contributed by atoms with Crippen LogP contribution < -0.4 is 9.46 Å². The molecule has 0 radical (unpaired) electrons. The number of nitrogens with zero attached hydrogens (tertiary/aromatic N) is 2. The highest BCUT2D eigenvalue weighted by molar-refractivity contribution is 7.89. The molecule has 114 valence electrons. The lowest BCUT2D eigenvalue weighted by Crippen LogP contribution is -2.23. The van der Waals surface area contributed by atoms with Crippen LogP contribution in [-0.2, 0) is 16.6 Å². The first-order chi connectivity index (χ1) is 10.6. The molecular formula is C15H15N3O3S. The quantitative estimate of drug-likeness (QED) is 0.779. The molecule has 0 unspecified atom stereocenters. The van der Waals surface area contributed by atoms with E-state index < -0.39 is 10.0 Å². The van der Waals surface area contributed by atoms with E-state index in [1.807, 2.05) is 24.4 Å². The molecular weight excluding hydrogens is 302 g/mol. The first-order valence-corrected chi connectivity index (χ1v) is 8.14. The highest BCUT2D eigenvalue weighted by Gasteiger charge is 2.19. The third kappa shape index (κ3) is 2.68. The van der Waals surface area contributed by atoms with Crippen LogP contribution in [0.3, 0.4) is 0 Å². The van der Waals surface area contributed by atoms with Crippen LogP contribution in [0.1, 0.15) is 5.56 Å². The van der Waals surface area contributed by atoms with Crippen molar-refractivity contribution in [1.29, 1.82) is 0 Å². The topological polar surface area (TPSA) is 72.7 Å². The van der Waals surface area contributed by atoms with E-state index in [1.54, 1.807) is 28.9 Å². The van der Waals surface area contributed by atoms with E-state index in [1.165, 1.54) is 13.2 Å². The van der Waals surface area contributed by atoms with Crippen molar-refractivity contribution >= 4 is 15.5 Å². The minimum absolute atomic E-state index is 0.119. The third-order valence-corrected chi connectivity index (χ3v) is 4.76. The zero-order valence-corrected chi connectivity index (χ0v) is 12.7. The number of aromatic nitrogens is 2. The second-order valence-corrected chi connectivity index (χ2v) is 6.41. The van der Waals surface area contributed by atoms with Crippen LogP contribution in [0, 0.1) is 0 Å². The highest BCUT2D eigenvalue weighted by Crippen LogP contribution is 2.23. The van der Waals surface area contributed by atoms with Gasteiger partial charge in [-0.2, -0.15) is 5.10 Å². The summed E-state index contributed by atoms with van der Waals surface area (Å²) in [6, 6.07) is 12.1. The van der Waals surface area contributed by atoms with Gasteiger partial charge in [0, 0.05) is 18.3 Å². The van der Waals surface area contributed by atoms with Crippen LogP contribution in [0.15, 0.2) is 59.8 Å². The van der Waals surface area contributed by atoms with E-state index >= 15 is 0 Å². The molecule has 0 atom stereocenters. The van der Waals surface area contributed by atoms with Gasteiger partial charge in [0.25, 0.3) is 0 Å². The first-order valence-electron chi connectivity index (χ1n) is 6.66. The summed E-state index contributed by atoms with van der Waals surface area (Å²) in [5.74, 6) is 0.315. The van der Waals surface area contributed by atoms with Crippen LogP contribution in [0.5, 0.6) is 5.75 Å². The molecule has 0 saturated heterocycles. The molecule has 0 aliphatic heterocycles. The van der Waals surface area contributed by atoms with Crippen molar-refractivity contribution in [2.45, 2.75) is 11.4 Å². The van der Waals surface area contributed by atoms with Gasteiger partial charge in [-0.3, -0.25) is 0 Å². The minimum atomic E-state index is -3.66. The number of rotatable bonds is 5. The van der Waals surface area contributed by atoms with Crippen LogP contribution >= 0.6 is 0 Å². The van der Waals surface area contributed by atoms with Gasteiger partial charge < -0.3 is 4.74 Å². The van der Waals surface area contributed by atoms with Crippen molar-refractivity contribution in [3.05, 3.63) is 60.4 Å². The molecule has 3 rings (SSSR count). The Morgan fingerprint density at radius 3 is 2.77 bits per heavy atom. The fraction of sp³-hybridized carbons (Fsp3) is 0.133. The van der Waals surface area contributed by atoms with E-state index in [4.69, 9.17) is 4.74 Å². The van der Waals surface area contributed by atoms with Crippen molar-refractivity contribution in [2.24, 2.45) is 0 Å². The fourth-order valence-corrected chi connectivity index (χ4v) is 3.39. The van der Waals surface area contributed by atoms with Gasteiger partial charge in [0.15, 0.2) is 0 Å². The Balaban J connectivity index is 1.86. The maximum absolute atomic E-state index is 12.4. The summed E-state index contributed by atoms with van der Waals surface area (Å²) in [6.45, 7) is 0.161. The number of sulfonamides is 1. The molecule has 2 aromatic heterocycles. The van der Waals surface area contributed by atoms with Gasteiger partial charge in [-0.25, -0.2) is 17.7 Å². The Labute approximate surface area is 128 Å². The van der Waals surface area contributed by atoms with E-state index in [0.29, 0.717) is 5.75 Å². The molecule has 0 spiro atoms. The van der Waals surface area contributed by atoms with Gasteiger partial charge in [-0.1, -0.05) is 18.2 Å². The second-order valence-electron chi connectivity index (χ2n) is 4.68. The summed E-state index contributed by atoms with van der Waals surface area (Å²) in [7, 11) is -2.22. The summed E-state index contributed by atoms with van der Waals surface area (Å²) in [5, 5.41) is 4.18. The van der Waals surface area contributed by atoms with Gasteiger partial charge in [0.1, 0.15) is 10.6 Å². The van der Waals surface area contributed by atoms with Crippen molar-refractivity contribution in [2.75, 3.05) is 7.11 Å². The number of hydrogen-bond acceptors (Lipinski definition) is 4. The number of hydrogen-bond donors (Lipinski definition) is 1. The molecule has 0 saturated carbocycles. The largest absolute Gasteiger partial charge is 0.495 e. The Kier molecular flexibility index (Phi) is 3.82. The summed E-state index contributed by atoms with van der Waals surface area (Å²) < 4.78 is 34.2. The molecule has 1 N–H and O–H groups in total. The predicted octanol–water partition coefficient (Wildman–Crippen LogP) is 1.82. The van der Waals surface area contributed by atoms with Crippen LogP contribution in [0.2, 0.25) is 0 Å². The summed E-state index contributed by atoms with van der Waals surface area (Å²) in [6.07, 6.45) is 3.47. The third-order valence-electron chi connectivity index (χ3n) is 3.32. The Bertz CT molecular complexity index is 903. The van der Waals surface area contributed by atoms with Crippen molar-refractivity contribution < 1.29 is 13.2 Å². The normalized spacial score (nSPS) is 11.7. The fourth-order valence-electron chi connectivity index (χ4n) is 2.21. The second kappa shape index (κ2) is 5.78. The molecule has 0 fully saturated rings. The van der Waals surface area contributed by atoms with Gasteiger partial charge in [0.2, 0.25) is 10.0 Å². The van der Waals surface area contributed by atoms with Crippen molar-refractivity contribution in [3.63, 3.8) is 0 Å². The number of pyridine rings is 1. The zero-order chi connectivity index (χ0) is 15.6. The van der Waals surface area contributed by atoms with E-state index in [0.717, 1.165) is 11.1 Å². The average molecular weight is 317 g/mol. The maximum Gasteiger partial charge on any atom is 0.244 e. The summed E-state index contributed by atoms with van der Waals surface area (Å²) in [5.41, 5.74) is 1.67. The molecule has 3 aromatic rings. The predicted molar refractivity (Wildman–Crippen MR) is 82.2 cm³/mol. The van der Waals surface area contributed by atoms with Gasteiger partial charge >= 0.3 is 0 Å². The molecule has 1 aromatic carbocycles. The number of benzene rings is 1. The number of para-hydroxylation sites is 1. The monoisotopic (exact) mass is 317 g/mol. The summed E-state index contributed by atoms with van der Waals surface area (Å²) in [4.78, 5) is 0.119. The Hall–Kier alpha value is -2.38. The number of fused-ring (bicyclic) bond motifs is 1. The zero-order valence-electron chi connectivity index (χ0n) is 11.9. The Morgan fingerprint density at radius 1 is 1.18 bits per heavy atom. The molecule has 7 heteroatoms. The lowest BCUT2D eigenvalue weighted by molar-refractivity contribution is 0.402. The van der Waals surface area contributed by atoms with Crippen LogP contribution in [-0.4, -0.2) is 25.1 Å². The van der Waals surface area contributed by atoms with Gasteiger partial charge in [-0.15, -0.1) is 0 Å². The highest BCUT2D eigenvalue weighted by atomic mass is 32.2. The van der Waals surface area contributed by atoms with Crippen molar-refractivity contribution in [1.82, 2.24) is 14.3 Å². The Morgan fingerprint density at radius 2 is 1.95 bits per heavy atom. The van der Waals surface area contributed by atoms with E-state index in [-0.39, 0.29) is 11.4 Å². The molecule has 0 aliphatic carbocycles. The van der Waals surface area contributed by atoms with Crippen LogP contribution in [0.4, 0.5) is 0 Å². The van der Waals surface area contributed by atoms with E-state index in [9.17, 15) is 8.42 Å². The molecule has 0 aliphatic rings.